The molecule has 32 heavy (non-hydrogen) atoms. The van der Waals surface area contributed by atoms with Crippen LogP contribution >= 0.6 is 0 Å². The van der Waals surface area contributed by atoms with Gasteiger partial charge >= 0.3 is 11.9 Å². The molecule has 0 saturated carbocycles. The highest BCUT2D eigenvalue weighted by Gasteiger charge is 2.34. The van der Waals surface area contributed by atoms with E-state index in [4.69, 9.17) is 5.11 Å². The molecule has 0 aromatic carbocycles. The van der Waals surface area contributed by atoms with Gasteiger partial charge in [-0.25, -0.2) is 0 Å². The summed E-state index contributed by atoms with van der Waals surface area (Å²) in [5.41, 5.74) is 0. The van der Waals surface area contributed by atoms with Gasteiger partial charge in [-0.05, 0) is 32.6 Å². The zero-order valence-corrected chi connectivity index (χ0v) is 21.8. The van der Waals surface area contributed by atoms with Crippen molar-refractivity contribution >= 4 is 11.9 Å². The molecule has 0 aromatic heterocycles. The number of carbonyl (C=O) groups is 2. The summed E-state index contributed by atoms with van der Waals surface area (Å²) in [5, 5.41) is 18.8. The van der Waals surface area contributed by atoms with E-state index in [1.165, 1.54) is 77.0 Å². The lowest BCUT2D eigenvalue weighted by Gasteiger charge is -2.41. The lowest BCUT2D eigenvalue weighted by atomic mass is 9.92. The number of carboxylic acid groups (broad SMARTS) is 2. The molecule has 0 aliphatic heterocycles. The second-order valence-corrected chi connectivity index (χ2v) is 10.2. The summed E-state index contributed by atoms with van der Waals surface area (Å²) in [6.45, 7) is 10.6. The minimum Gasteiger partial charge on any atom is -0.481 e. The Morgan fingerprint density at radius 2 is 1.12 bits per heavy atom. The average Bonchev–Trinajstić information content (AvgIpc) is 2.71. The van der Waals surface area contributed by atoms with E-state index in [0.29, 0.717) is 5.92 Å². The van der Waals surface area contributed by atoms with Crippen LogP contribution in [-0.4, -0.2) is 45.2 Å². The third kappa shape index (κ3) is 14.9. The average molecular weight is 456 g/mol. The molecule has 0 radical (unpaired) electrons. The van der Waals surface area contributed by atoms with Crippen molar-refractivity contribution in [3.8, 4) is 0 Å². The number of unbranched alkanes of at least 4 members (excludes halogenated alkanes) is 12. The van der Waals surface area contributed by atoms with Crippen molar-refractivity contribution in [1.82, 2.24) is 4.90 Å². The maximum atomic E-state index is 11.9. The zero-order chi connectivity index (χ0) is 24.4. The summed E-state index contributed by atoms with van der Waals surface area (Å²) in [6, 6.07) is -0.502. The maximum absolute atomic E-state index is 11.9. The fourth-order valence-electron chi connectivity index (χ4n) is 4.83. The highest BCUT2D eigenvalue weighted by molar-refractivity contribution is 5.75. The quantitative estimate of drug-likeness (QED) is 0.165. The van der Waals surface area contributed by atoms with Gasteiger partial charge in [-0.3, -0.25) is 14.5 Å². The Morgan fingerprint density at radius 3 is 1.47 bits per heavy atom. The molecule has 0 spiro atoms. The Balaban J connectivity index is 4.32. The summed E-state index contributed by atoms with van der Waals surface area (Å²) in [6.07, 6.45) is 18.2. The predicted octanol–water partition coefficient (Wildman–Crippen LogP) is 7.52. The van der Waals surface area contributed by atoms with E-state index in [2.05, 4.69) is 25.7 Å². The largest absolute Gasteiger partial charge is 0.481 e. The summed E-state index contributed by atoms with van der Waals surface area (Å²) in [5.74, 6) is -1.50. The normalized spacial score (nSPS) is 13.8. The Morgan fingerprint density at radius 1 is 0.688 bits per heavy atom. The summed E-state index contributed by atoms with van der Waals surface area (Å²) >= 11 is 0. The molecule has 0 rings (SSSR count). The molecule has 0 aliphatic rings. The highest BCUT2D eigenvalue weighted by atomic mass is 16.4. The second-order valence-electron chi connectivity index (χ2n) is 10.2. The minimum atomic E-state index is -0.933. The molecule has 2 atom stereocenters. The van der Waals surface area contributed by atoms with Crippen molar-refractivity contribution in [1.29, 1.82) is 0 Å². The molecule has 0 amide bonds. The van der Waals surface area contributed by atoms with E-state index in [9.17, 15) is 14.7 Å². The smallest absolute Gasteiger partial charge is 0.320 e. The molecular weight excluding hydrogens is 402 g/mol. The van der Waals surface area contributed by atoms with Crippen molar-refractivity contribution < 1.29 is 19.8 Å². The molecule has 1 unspecified atom stereocenters. The molecule has 0 saturated heterocycles. The van der Waals surface area contributed by atoms with Crippen molar-refractivity contribution in [2.75, 3.05) is 0 Å². The van der Waals surface area contributed by atoms with Crippen molar-refractivity contribution in [3.63, 3.8) is 0 Å². The van der Waals surface area contributed by atoms with E-state index >= 15 is 0 Å². The lowest BCUT2D eigenvalue weighted by molar-refractivity contribution is -0.147. The number of aliphatic carboxylic acids is 2. The molecule has 0 bridgehead atoms. The first kappa shape index (κ1) is 30.9. The van der Waals surface area contributed by atoms with Crippen LogP contribution in [0.15, 0.2) is 0 Å². The number of rotatable bonds is 22. The van der Waals surface area contributed by atoms with Gasteiger partial charge in [0, 0.05) is 18.5 Å². The summed E-state index contributed by atoms with van der Waals surface area (Å²) < 4.78 is 0. The minimum absolute atomic E-state index is 0.0688. The fourth-order valence-corrected chi connectivity index (χ4v) is 4.83. The monoisotopic (exact) mass is 455 g/mol. The van der Waals surface area contributed by atoms with Crippen LogP contribution in [-0.2, 0) is 9.59 Å². The van der Waals surface area contributed by atoms with Crippen LogP contribution in [0.5, 0.6) is 0 Å². The van der Waals surface area contributed by atoms with Crippen molar-refractivity contribution in [2.24, 2.45) is 5.92 Å². The van der Waals surface area contributed by atoms with Crippen LogP contribution in [0.3, 0.4) is 0 Å². The van der Waals surface area contributed by atoms with Crippen LogP contribution in [0.4, 0.5) is 0 Å². The van der Waals surface area contributed by atoms with Gasteiger partial charge in [-0.2, -0.15) is 0 Å². The Kier molecular flexibility index (Phi) is 18.7. The third-order valence-electron chi connectivity index (χ3n) is 6.63. The Hall–Kier alpha value is -1.10. The molecule has 2 N–H and O–H groups in total. The van der Waals surface area contributed by atoms with Gasteiger partial charge in [0.05, 0.1) is 0 Å². The molecule has 190 valence electrons. The van der Waals surface area contributed by atoms with Crippen LogP contribution in [0.2, 0.25) is 0 Å². The van der Waals surface area contributed by atoms with Gasteiger partial charge in [0.25, 0.3) is 0 Å². The van der Waals surface area contributed by atoms with Gasteiger partial charge in [0.2, 0.25) is 0 Å². The summed E-state index contributed by atoms with van der Waals surface area (Å²) in [4.78, 5) is 25.0. The second kappa shape index (κ2) is 19.4. The molecule has 0 aromatic rings. The first-order chi connectivity index (χ1) is 15.2. The molecule has 0 aliphatic carbocycles. The van der Waals surface area contributed by atoms with Crippen molar-refractivity contribution in [3.05, 3.63) is 0 Å². The van der Waals surface area contributed by atoms with Crippen LogP contribution in [0.25, 0.3) is 0 Å². The topological polar surface area (TPSA) is 77.8 Å². The van der Waals surface area contributed by atoms with Crippen LogP contribution < -0.4 is 0 Å². The van der Waals surface area contributed by atoms with Gasteiger partial charge in [-0.15, -0.1) is 0 Å². The van der Waals surface area contributed by atoms with Gasteiger partial charge in [0.15, 0.2) is 0 Å². The molecule has 0 heterocycles. The van der Waals surface area contributed by atoms with E-state index in [1.54, 1.807) is 0 Å². The number of carboxylic acids is 2. The molecule has 5 heteroatoms. The van der Waals surface area contributed by atoms with E-state index in [0.717, 1.165) is 12.8 Å². The highest BCUT2D eigenvalue weighted by Crippen LogP contribution is 2.25. The maximum Gasteiger partial charge on any atom is 0.320 e. The predicted molar refractivity (Wildman–Crippen MR) is 134 cm³/mol. The van der Waals surface area contributed by atoms with E-state index in [-0.39, 0.29) is 24.9 Å². The van der Waals surface area contributed by atoms with Gasteiger partial charge in [0.1, 0.15) is 6.04 Å². The number of nitrogens with zero attached hydrogens (tertiary/aromatic N) is 1. The lowest BCUT2D eigenvalue weighted by Crippen LogP contribution is -2.53. The third-order valence-corrected chi connectivity index (χ3v) is 6.63. The van der Waals surface area contributed by atoms with E-state index < -0.39 is 18.0 Å². The Bertz CT molecular complexity index is 478. The van der Waals surface area contributed by atoms with Crippen molar-refractivity contribution in [2.45, 2.75) is 155 Å². The first-order valence-corrected chi connectivity index (χ1v) is 13.4. The first-order valence-electron chi connectivity index (χ1n) is 13.4. The summed E-state index contributed by atoms with van der Waals surface area (Å²) in [7, 11) is 0. The van der Waals surface area contributed by atoms with Crippen LogP contribution in [0, 0.1) is 5.92 Å². The zero-order valence-electron chi connectivity index (χ0n) is 21.8. The van der Waals surface area contributed by atoms with Gasteiger partial charge in [-0.1, -0.05) is 104 Å². The number of hydrogen-bond acceptors (Lipinski definition) is 3. The molecule has 5 nitrogen and oxygen atoms in total. The van der Waals surface area contributed by atoms with Crippen LogP contribution in [0.1, 0.15) is 137 Å². The Labute approximate surface area is 198 Å². The standard InChI is InChI=1S/C27H53NO4/c1-6-7-8-9-10-11-12-13-14-15-16-17-18-19-24(22(2)3)28(23(4)5)25(27(31)32)20-21-26(29)30/h22-25H,6-21H2,1-5H3,(H,29,30)(H,31,32)/t24?,25-/m0/s1. The number of hydrogen-bond donors (Lipinski definition) is 2. The fraction of sp³-hybridized carbons (Fsp3) is 0.926. The molecule has 0 fully saturated rings. The van der Waals surface area contributed by atoms with Gasteiger partial charge < -0.3 is 10.2 Å². The molecular formula is C27H53NO4. The SMILES string of the molecule is CCCCCCCCCCCCCCCC(C(C)C)N(C(C)C)[C@@H](CCC(=O)O)C(=O)O. The van der Waals surface area contributed by atoms with E-state index in [1.807, 2.05) is 13.8 Å².